The lowest BCUT2D eigenvalue weighted by atomic mass is 10.1. The van der Waals surface area contributed by atoms with E-state index in [1.54, 1.807) is 4.90 Å². The predicted molar refractivity (Wildman–Crippen MR) is 76.7 cm³/mol. The van der Waals surface area contributed by atoms with E-state index in [-0.39, 0.29) is 25.3 Å². The lowest BCUT2D eigenvalue weighted by molar-refractivity contribution is -0.0822. The first-order valence-electron chi connectivity index (χ1n) is 7.51. The van der Waals surface area contributed by atoms with Crippen LogP contribution in [0.1, 0.15) is 24.8 Å². The molecule has 0 aromatic heterocycles. The van der Waals surface area contributed by atoms with E-state index in [2.05, 4.69) is 0 Å². The third-order valence-corrected chi connectivity index (χ3v) is 3.88. The van der Waals surface area contributed by atoms with Crippen molar-refractivity contribution >= 4 is 6.09 Å². The molecule has 1 aromatic rings. The summed E-state index contributed by atoms with van der Waals surface area (Å²) in [5.41, 5.74) is 0.957. The number of piperidine rings is 1. The van der Waals surface area contributed by atoms with Gasteiger partial charge in [0.25, 0.3) is 0 Å². The molecule has 1 aliphatic carbocycles. The summed E-state index contributed by atoms with van der Waals surface area (Å²) >= 11 is 0. The summed E-state index contributed by atoms with van der Waals surface area (Å²) in [6.07, 6.45) is 2.03. The Morgan fingerprint density at radius 1 is 1.24 bits per heavy atom. The first-order chi connectivity index (χ1) is 10.2. The van der Waals surface area contributed by atoms with Gasteiger partial charge in [-0.3, -0.25) is 0 Å². The number of hydrogen-bond acceptors (Lipinski definition) is 4. The van der Waals surface area contributed by atoms with Gasteiger partial charge >= 0.3 is 6.09 Å². The average Bonchev–Trinajstić information content (AvgIpc) is 3.32. The number of β-amino-alcohol motifs (C(OH)–C–C–N with tert-alkyl or cyclic N) is 1. The number of aliphatic hydroxyl groups excluding tert-OH is 1. The Balaban J connectivity index is 1.45. The molecule has 3 rings (SSSR count). The van der Waals surface area contributed by atoms with Gasteiger partial charge in [0.15, 0.2) is 0 Å². The van der Waals surface area contributed by atoms with Gasteiger partial charge in [0.2, 0.25) is 0 Å². The minimum absolute atomic E-state index is 0.143. The van der Waals surface area contributed by atoms with Gasteiger partial charge in [-0.05, 0) is 24.8 Å². The minimum atomic E-state index is -0.622. The monoisotopic (exact) mass is 291 g/mol. The van der Waals surface area contributed by atoms with Gasteiger partial charge in [-0.15, -0.1) is 0 Å². The van der Waals surface area contributed by atoms with E-state index in [4.69, 9.17) is 9.47 Å². The van der Waals surface area contributed by atoms with Crippen molar-refractivity contribution in [3.05, 3.63) is 35.9 Å². The molecule has 2 atom stereocenters. The second-order valence-corrected chi connectivity index (χ2v) is 5.72. The van der Waals surface area contributed by atoms with E-state index in [1.807, 2.05) is 30.3 Å². The third kappa shape index (κ3) is 3.95. The zero-order chi connectivity index (χ0) is 14.7. The van der Waals surface area contributed by atoms with E-state index < -0.39 is 6.10 Å². The summed E-state index contributed by atoms with van der Waals surface area (Å²) in [5, 5.41) is 10.1. The van der Waals surface area contributed by atoms with Crippen molar-refractivity contribution < 1.29 is 19.4 Å². The molecule has 0 bridgehead atoms. The van der Waals surface area contributed by atoms with Crippen LogP contribution in [0.4, 0.5) is 4.79 Å². The Morgan fingerprint density at radius 3 is 2.67 bits per heavy atom. The molecule has 1 saturated heterocycles. The van der Waals surface area contributed by atoms with Crippen molar-refractivity contribution in [1.82, 2.24) is 4.90 Å². The van der Waals surface area contributed by atoms with E-state index in [9.17, 15) is 9.90 Å². The maximum Gasteiger partial charge on any atom is 0.410 e. The summed E-state index contributed by atoms with van der Waals surface area (Å²) in [7, 11) is 0. The predicted octanol–water partition coefficient (Wildman–Crippen LogP) is 1.94. The fourth-order valence-electron chi connectivity index (χ4n) is 2.50. The number of amides is 1. The molecule has 0 radical (unpaired) electrons. The van der Waals surface area contributed by atoms with Crippen LogP contribution in [0.25, 0.3) is 0 Å². The van der Waals surface area contributed by atoms with Crippen molar-refractivity contribution in [2.24, 2.45) is 0 Å². The largest absolute Gasteiger partial charge is 0.445 e. The Hall–Kier alpha value is -1.59. The second-order valence-electron chi connectivity index (χ2n) is 5.72. The number of ether oxygens (including phenoxy) is 2. The molecule has 1 saturated carbocycles. The molecule has 1 heterocycles. The quantitative estimate of drug-likeness (QED) is 0.921. The van der Waals surface area contributed by atoms with Gasteiger partial charge in [-0.25, -0.2) is 4.79 Å². The van der Waals surface area contributed by atoms with Crippen LogP contribution >= 0.6 is 0 Å². The zero-order valence-electron chi connectivity index (χ0n) is 12.0. The molecule has 5 nitrogen and oxygen atoms in total. The van der Waals surface area contributed by atoms with Crippen LogP contribution in [0.3, 0.4) is 0 Å². The topological polar surface area (TPSA) is 59.0 Å². The van der Waals surface area contributed by atoms with Crippen LogP contribution in [-0.2, 0) is 16.1 Å². The summed E-state index contributed by atoms with van der Waals surface area (Å²) in [6, 6.07) is 9.57. The van der Waals surface area contributed by atoms with Gasteiger partial charge in [0.05, 0.1) is 24.9 Å². The number of aliphatic hydroxyl groups is 1. The molecule has 1 aliphatic heterocycles. The van der Waals surface area contributed by atoms with E-state index in [1.165, 1.54) is 0 Å². The lowest BCUT2D eigenvalue weighted by Crippen LogP contribution is -2.50. The molecule has 114 valence electrons. The van der Waals surface area contributed by atoms with E-state index in [0.717, 1.165) is 18.4 Å². The van der Waals surface area contributed by atoms with Crippen molar-refractivity contribution in [3.8, 4) is 0 Å². The molecule has 21 heavy (non-hydrogen) atoms. The van der Waals surface area contributed by atoms with Crippen molar-refractivity contribution in [2.45, 2.75) is 44.2 Å². The Labute approximate surface area is 124 Å². The highest BCUT2D eigenvalue weighted by molar-refractivity contribution is 5.67. The van der Waals surface area contributed by atoms with Crippen molar-refractivity contribution in [2.75, 3.05) is 13.1 Å². The van der Waals surface area contributed by atoms with Crippen LogP contribution in [0.5, 0.6) is 0 Å². The van der Waals surface area contributed by atoms with Crippen LogP contribution < -0.4 is 0 Å². The number of nitrogens with zero attached hydrogens (tertiary/aromatic N) is 1. The number of rotatable bonds is 4. The first-order valence-corrected chi connectivity index (χ1v) is 7.51. The number of carbonyl (C=O) groups is 1. The molecule has 5 heteroatoms. The minimum Gasteiger partial charge on any atom is -0.445 e. The number of carbonyl (C=O) groups excluding carboxylic acids is 1. The Morgan fingerprint density at radius 2 is 2.00 bits per heavy atom. The fraction of sp³-hybridized carbons (Fsp3) is 0.562. The molecular weight excluding hydrogens is 270 g/mol. The standard InChI is InChI=1S/C16H21NO4/c18-14-10-17(9-8-15(14)21-13-6-7-13)16(19)20-11-12-4-2-1-3-5-12/h1-5,13-15,18H,6-11H2. The number of benzene rings is 1. The highest BCUT2D eigenvalue weighted by Crippen LogP contribution is 2.28. The molecular formula is C16H21NO4. The molecule has 1 amide bonds. The smallest absolute Gasteiger partial charge is 0.410 e. The third-order valence-electron chi connectivity index (χ3n) is 3.88. The Bertz CT molecular complexity index is 474. The summed E-state index contributed by atoms with van der Waals surface area (Å²) in [4.78, 5) is 13.6. The van der Waals surface area contributed by atoms with Crippen molar-refractivity contribution in [1.29, 1.82) is 0 Å². The second kappa shape index (κ2) is 6.45. The first kappa shape index (κ1) is 14.4. The average molecular weight is 291 g/mol. The van der Waals surface area contributed by atoms with Crippen LogP contribution in [0.15, 0.2) is 30.3 Å². The lowest BCUT2D eigenvalue weighted by Gasteiger charge is -2.35. The summed E-state index contributed by atoms with van der Waals surface area (Å²) in [5.74, 6) is 0. The zero-order valence-corrected chi connectivity index (χ0v) is 12.0. The van der Waals surface area contributed by atoms with Gasteiger partial charge < -0.3 is 19.5 Å². The molecule has 1 N–H and O–H groups in total. The SMILES string of the molecule is O=C(OCc1ccccc1)N1CCC(OC2CC2)C(O)C1. The van der Waals surface area contributed by atoms with Gasteiger partial charge in [-0.1, -0.05) is 30.3 Å². The highest BCUT2D eigenvalue weighted by Gasteiger charge is 2.35. The Kier molecular flexibility index (Phi) is 4.41. The molecule has 2 aliphatic rings. The van der Waals surface area contributed by atoms with Gasteiger partial charge in [0.1, 0.15) is 6.61 Å². The molecule has 2 fully saturated rings. The number of hydrogen-bond donors (Lipinski definition) is 1. The number of likely N-dealkylation sites (tertiary alicyclic amines) is 1. The van der Waals surface area contributed by atoms with Crippen LogP contribution in [-0.4, -0.2) is 47.5 Å². The molecule has 0 spiro atoms. The molecule has 1 aromatic carbocycles. The van der Waals surface area contributed by atoms with Gasteiger partial charge in [-0.2, -0.15) is 0 Å². The van der Waals surface area contributed by atoms with E-state index >= 15 is 0 Å². The fourth-order valence-corrected chi connectivity index (χ4v) is 2.50. The van der Waals surface area contributed by atoms with E-state index in [0.29, 0.717) is 19.1 Å². The van der Waals surface area contributed by atoms with Crippen LogP contribution in [0.2, 0.25) is 0 Å². The normalized spacial score (nSPS) is 25.7. The highest BCUT2D eigenvalue weighted by atomic mass is 16.6. The van der Waals surface area contributed by atoms with Crippen LogP contribution in [0, 0.1) is 0 Å². The summed E-state index contributed by atoms with van der Waals surface area (Å²) in [6.45, 7) is 1.11. The molecule has 2 unspecified atom stereocenters. The van der Waals surface area contributed by atoms with Crippen molar-refractivity contribution in [3.63, 3.8) is 0 Å². The van der Waals surface area contributed by atoms with Gasteiger partial charge in [0, 0.05) is 6.54 Å². The summed E-state index contributed by atoms with van der Waals surface area (Å²) < 4.78 is 11.0. The maximum atomic E-state index is 12.0. The maximum absolute atomic E-state index is 12.0.